The van der Waals surface area contributed by atoms with E-state index in [0.717, 1.165) is 11.5 Å². The molecule has 0 spiro atoms. The maximum absolute atomic E-state index is 11.5. The molecule has 0 radical (unpaired) electrons. The lowest BCUT2D eigenvalue weighted by molar-refractivity contribution is -0.118. The Morgan fingerprint density at radius 3 is 3.06 bits per heavy atom. The summed E-state index contributed by atoms with van der Waals surface area (Å²) in [4.78, 5) is 12.7. The Labute approximate surface area is 108 Å². The van der Waals surface area contributed by atoms with E-state index in [-0.39, 0.29) is 5.91 Å². The molecule has 0 aliphatic heterocycles. The van der Waals surface area contributed by atoms with Gasteiger partial charge in [0.05, 0.1) is 24.3 Å². The summed E-state index contributed by atoms with van der Waals surface area (Å²) in [6.45, 7) is 0.623. The van der Waals surface area contributed by atoms with Gasteiger partial charge >= 0.3 is 0 Å². The maximum atomic E-state index is 11.5. The van der Waals surface area contributed by atoms with Crippen LogP contribution in [0.1, 0.15) is 10.6 Å². The van der Waals surface area contributed by atoms with Crippen molar-refractivity contribution in [3.05, 3.63) is 46.5 Å². The van der Waals surface area contributed by atoms with Crippen molar-refractivity contribution in [1.29, 1.82) is 0 Å². The highest BCUT2D eigenvalue weighted by Gasteiger charge is 2.03. The van der Waals surface area contributed by atoms with Crippen LogP contribution in [0.25, 0.3) is 0 Å². The van der Waals surface area contributed by atoms with Crippen LogP contribution in [0.15, 0.2) is 40.3 Å². The Kier molecular flexibility index (Phi) is 4.70. The van der Waals surface area contributed by atoms with Crippen LogP contribution >= 0.6 is 23.1 Å². The molecule has 0 aromatic carbocycles. The summed E-state index contributed by atoms with van der Waals surface area (Å²) in [6, 6.07) is 7.77. The van der Waals surface area contributed by atoms with E-state index in [9.17, 15) is 4.79 Å². The summed E-state index contributed by atoms with van der Waals surface area (Å²) in [5, 5.41) is 4.89. The third-order valence-electron chi connectivity index (χ3n) is 2.10. The first-order valence-corrected chi connectivity index (χ1v) is 7.27. The van der Waals surface area contributed by atoms with E-state index in [1.165, 1.54) is 4.88 Å². The molecule has 3 nitrogen and oxygen atoms in total. The van der Waals surface area contributed by atoms with Gasteiger partial charge in [0.1, 0.15) is 5.76 Å². The summed E-state index contributed by atoms with van der Waals surface area (Å²) < 4.78 is 5.18. The lowest BCUT2D eigenvalue weighted by Crippen LogP contribution is -2.24. The molecule has 2 heterocycles. The van der Waals surface area contributed by atoms with Crippen LogP contribution in [0.5, 0.6) is 0 Å². The van der Waals surface area contributed by atoms with E-state index in [1.807, 2.05) is 29.6 Å². The fourth-order valence-electron chi connectivity index (χ4n) is 1.29. The van der Waals surface area contributed by atoms with Crippen molar-refractivity contribution >= 4 is 29.0 Å². The zero-order valence-electron chi connectivity index (χ0n) is 9.22. The molecule has 0 bridgehead atoms. The van der Waals surface area contributed by atoms with Crippen molar-refractivity contribution in [2.75, 3.05) is 5.75 Å². The minimum atomic E-state index is 0.0648. The van der Waals surface area contributed by atoms with Crippen molar-refractivity contribution in [2.24, 2.45) is 0 Å². The van der Waals surface area contributed by atoms with Crippen LogP contribution in [-0.2, 0) is 17.1 Å². The quantitative estimate of drug-likeness (QED) is 0.875. The topological polar surface area (TPSA) is 42.2 Å². The second-order valence-corrected chi connectivity index (χ2v) is 5.45. The Hall–Kier alpha value is -1.20. The zero-order chi connectivity index (χ0) is 11.9. The van der Waals surface area contributed by atoms with Crippen LogP contribution in [0.4, 0.5) is 0 Å². The van der Waals surface area contributed by atoms with E-state index < -0.39 is 0 Å². The van der Waals surface area contributed by atoms with Crippen LogP contribution < -0.4 is 5.32 Å². The van der Waals surface area contributed by atoms with Crippen molar-refractivity contribution in [2.45, 2.75) is 12.3 Å². The van der Waals surface area contributed by atoms with Gasteiger partial charge in [0.2, 0.25) is 5.91 Å². The molecule has 2 rings (SSSR count). The smallest absolute Gasteiger partial charge is 0.230 e. The van der Waals surface area contributed by atoms with Gasteiger partial charge in [-0.15, -0.1) is 23.1 Å². The molecule has 0 unspecified atom stereocenters. The molecular formula is C12H13NO2S2. The van der Waals surface area contributed by atoms with Gasteiger partial charge in [-0.25, -0.2) is 0 Å². The maximum Gasteiger partial charge on any atom is 0.230 e. The molecule has 1 amide bonds. The van der Waals surface area contributed by atoms with Gasteiger partial charge < -0.3 is 9.73 Å². The number of amides is 1. The standard InChI is InChI=1S/C12H13NO2S2/c14-12(13-7-11-4-2-6-17-11)9-16-8-10-3-1-5-15-10/h1-6H,7-9H2,(H,13,14). The predicted octanol–water partition coefficient (Wildman–Crippen LogP) is 2.89. The van der Waals surface area contributed by atoms with Crippen molar-refractivity contribution in [3.8, 4) is 0 Å². The largest absolute Gasteiger partial charge is 0.468 e. The molecule has 0 aliphatic rings. The Bertz CT molecular complexity index is 437. The van der Waals surface area contributed by atoms with E-state index in [1.54, 1.807) is 29.4 Å². The number of hydrogen-bond donors (Lipinski definition) is 1. The van der Waals surface area contributed by atoms with Crippen molar-refractivity contribution in [3.63, 3.8) is 0 Å². The predicted molar refractivity (Wildman–Crippen MR) is 71.0 cm³/mol. The SMILES string of the molecule is O=C(CSCc1ccco1)NCc1cccs1. The lowest BCUT2D eigenvalue weighted by Gasteiger charge is -2.02. The highest BCUT2D eigenvalue weighted by atomic mass is 32.2. The molecule has 2 aromatic heterocycles. The number of thiophene rings is 1. The van der Waals surface area contributed by atoms with Crippen LogP contribution in [0.2, 0.25) is 0 Å². The second kappa shape index (κ2) is 6.51. The molecule has 0 atom stereocenters. The average molecular weight is 267 g/mol. The summed E-state index contributed by atoms with van der Waals surface area (Å²) in [7, 11) is 0. The van der Waals surface area contributed by atoms with E-state index >= 15 is 0 Å². The first kappa shape index (κ1) is 12.3. The monoisotopic (exact) mass is 267 g/mol. The van der Waals surface area contributed by atoms with Gasteiger partial charge in [0, 0.05) is 4.88 Å². The number of carbonyl (C=O) groups is 1. The first-order chi connectivity index (χ1) is 8.34. The molecule has 0 saturated carbocycles. The summed E-state index contributed by atoms with van der Waals surface area (Å²) >= 11 is 3.20. The zero-order valence-corrected chi connectivity index (χ0v) is 10.9. The summed E-state index contributed by atoms with van der Waals surface area (Å²) in [5.41, 5.74) is 0. The normalized spacial score (nSPS) is 10.4. The van der Waals surface area contributed by atoms with Crippen molar-refractivity contribution in [1.82, 2.24) is 5.32 Å². The van der Waals surface area contributed by atoms with Gasteiger partial charge in [-0.2, -0.15) is 0 Å². The van der Waals surface area contributed by atoms with Gasteiger partial charge in [-0.05, 0) is 23.6 Å². The van der Waals surface area contributed by atoms with Crippen molar-refractivity contribution < 1.29 is 9.21 Å². The van der Waals surface area contributed by atoms with E-state index in [2.05, 4.69) is 5.32 Å². The molecule has 17 heavy (non-hydrogen) atoms. The van der Waals surface area contributed by atoms with Gasteiger partial charge in [-0.3, -0.25) is 4.79 Å². The number of carbonyl (C=O) groups excluding carboxylic acids is 1. The number of furan rings is 1. The molecule has 2 aromatic rings. The second-order valence-electron chi connectivity index (χ2n) is 3.43. The molecule has 5 heteroatoms. The van der Waals surface area contributed by atoms with Gasteiger partial charge in [0.15, 0.2) is 0 Å². The van der Waals surface area contributed by atoms with Crippen LogP contribution in [0.3, 0.4) is 0 Å². The third kappa shape index (κ3) is 4.28. The van der Waals surface area contributed by atoms with Gasteiger partial charge in [-0.1, -0.05) is 6.07 Å². The fourth-order valence-corrected chi connectivity index (χ4v) is 2.69. The molecule has 0 aliphatic carbocycles. The lowest BCUT2D eigenvalue weighted by atomic mass is 10.4. The number of thioether (sulfide) groups is 1. The highest BCUT2D eigenvalue weighted by Crippen LogP contribution is 2.12. The Morgan fingerprint density at radius 1 is 1.41 bits per heavy atom. The Balaban J connectivity index is 1.61. The third-order valence-corrected chi connectivity index (χ3v) is 3.93. The highest BCUT2D eigenvalue weighted by molar-refractivity contribution is 7.99. The number of hydrogen-bond acceptors (Lipinski definition) is 4. The molecule has 1 N–H and O–H groups in total. The number of rotatable bonds is 6. The average Bonchev–Trinajstić information content (AvgIpc) is 2.99. The summed E-state index contributed by atoms with van der Waals surface area (Å²) in [5.74, 6) is 2.17. The first-order valence-electron chi connectivity index (χ1n) is 5.24. The van der Waals surface area contributed by atoms with Crippen LogP contribution in [0, 0.1) is 0 Å². The Morgan fingerprint density at radius 2 is 2.35 bits per heavy atom. The summed E-state index contributed by atoms with van der Waals surface area (Å²) in [6.07, 6.45) is 1.65. The molecule has 0 fully saturated rings. The molecular weight excluding hydrogens is 254 g/mol. The molecule has 90 valence electrons. The van der Waals surface area contributed by atoms with Gasteiger partial charge in [0.25, 0.3) is 0 Å². The minimum absolute atomic E-state index is 0.0648. The number of nitrogens with one attached hydrogen (secondary N) is 1. The van der Waals surface area contributed by atoms with E-state index in [4.69, 9.17) is 4.42 Å². The van der Waals surface area contributed by atoms with E-state index in [0.29, 0.717) is 12.3 Å². The molecule has 0 saturated heterocycles. The van der Waals surface area contributed by atoms with Crippen LogP contribution in [-0.4, -0.2) is 11.7 Å². The minimum Gasteiger partial charge on any atom is -0.468 e. The fraction of sp³-hybridized carbons (Fsp3) is 0.250.